The Balaban J connectivity index is 1.68. The third kappa shape index (κ3) is 3.20. The Kier molecular flexibility index (Phi) is 4.96. The van der Waals surface area contributed by atoms with Crippen LogP contribution in [0.4, 0.5) is 4.39 Å². The number of allylic oxidation sites excluding steroid dienone is 2. The van der Waals surface area contributed by atoms with Crippen LogP contribution in [0, 0.1) is 24.2 Å². The average molecular weight is 503 g/mol. The molecule has 0 radical (unpaired) electrons. The van der Waals surface area contributed by atoms with Gasteiger partial charge in [-0.3, -0.25) is 0 Å². The lowest BCUT2D eigenvalue weighted by atomic mass is 9.58. The highest BCUT2D eigenvalue weighted by Crippen LogP contribution is 2.52. The monoisotopic (exact) mass is 502 g/mol. The summed E-state index contributed by atoms with van der Waals surface area (Å²) in [6.45, 7) is 11.6. The SMILES string of the molecule is [C-]#[N+]C1=C[C@@]2(C)c3c(c(-c4ccccc4F)nn3-c3nc4ccc(Cl)cc4s3)CC[C@@H]2[C@@H](C)C1=O. The Morgan fingerprint density at radius 2 is 2.09 bits per heavy atom. The van der Waals surface area contributed by atoms with Gasteiger partial charge >= 0.3 is 0 Å². The van der Waals surface area contributed by atoms with E-state index in [9.17, 15) is 9.18 Å². The molecule has 0 saturated heterocycles. The van der Waals surface area contributed by atoms with Gasteiger partial charge in [-0.15, -0.1) is 0 Å². The smallest absolute Gasteiger partial charge is 0.226 e. The van der Waals surface area contributed by atoms with Crippen LogP contribution >= 0.6 is 22.9 Å². The van der Waals surface area contributed by atoms with Crippen molar-refractivity contribution in [3.8, 4) is 16.4 Å². The van der Waals surface area contributed by atoms with Crippen molar-refractivity contribution >= 4 is 38.9 Å². The highest BCUT2D eigenvalue weighted by atomic mass is 35.5. The summed E-state index contributed by atoms with van der Waals surface area (Å²) in [5, 5.41) is 6.21. The second kappa shape index (κ2) is 7.84. The molecule has 2 aromatic heterocycles. The fourth-order valence-corrected chi connectivity index (χ4v) is 7.00. The number of carbonyl (C=O) groups excluding carboxylic acids is 1. The molecule has 2 aromatic carbocycles. The van der Waals surface area contributed by atoms with Gasteiger partial charge in [-0.1, -0.05) is 55.0 Å². The van der Waals surface area contributed by atoms with Gasteiger partial charge in [0.1, 0.15) is 5.82 Å². The van der Waals surface area contributed by atoms with E-state index in [0.29, 0.717) is 27.8 Å². The van der Waals surface area contributed by atoms with Crippen LogP contribution in [-0.2, 0) is 16.6 Å². The molecule has 2 aliphatic rings. The molecule has 35 heavy (non-hydrogen) atoms. The molecule has 2 aliphatic carbocycles. The number of thiazole rings is 1. The number of hydrogen-bond donors (Lipinski definition) is 0. The molecule has 8 heteroatoms. The molecule has 0 N–H and O–H groups in total. The molecule has 0 aliphatic heterocycles. The van der Waals surface area contributed by atoms with E-state index in [4.69, 9.17) is 28.3 Å². The Hall–Kier alpha value is -3.34. The minimum atomic E-state index is -0.632. The molecule has 174 valence electrons. The van der Waals surface area contributed by atoms with Crippen LogP contribution in [0.15, 0.2) is 54.2 Å². The zero-order valence-electron chi connectivity index (χ0n) is 19.0. The molecule has 2 heterocycles. The van der Waals surface area contributed by atoms with E-state index in [1.165, 1.54) is 17.4 Å². The lowest BCUT2D eigenvalue weighted by molar-refractivity contribution is -0.121. The summed E-state index contributed by atoms with van der Waals surface area (Å²) in [6.07, 6.45) is 3.22. The molecule has 4 aromatic rings. The normalized spacial score (nSPS) is 23.5. The van der Waals surface area contributed by atoms with E-state index in [1.807, 2.05) is 23.7 Å². The highest BCUT2D eigenvalue weighted by Gasteiger charge is 2.51. The van der Waals surface area contributed by atoms with Gasteiger partial charge in [0.15, 0.2) is 5.78 Å². The second-order valence-corrected chi connectivity index (χ2v) is 10.8. The fraction of sp³-hybridized carbons (Fsp3) is 0.259. The van der Waals surface area contributed by atoms with Gasteiger partial charge in [-0.05, 0) is 49.1 Å². The largest absolute Gasteiger partial charge is 0.308 e. The number of ketones is 1. The summed E-state index contributed by atoms with van der Waals surface area (Å²) in [7, 11) is 0. The van der Waals surface area contributed by atoms with E-state index in [2.05, 4.69) is 11.8 Å². The zero-order chi connectivity index (χ0) is 24.5. The molecule has 0 fully saturated rings. The molecule has 0 spiro atoms. The third-order valence-corrected chi connectivity index (χ3v) is 8.67. The predicted octanol–water partition coefficient (Wildman–Crippen LogP) is 6.78. The van der Waals surface area contributed by atoms with Crippen molar-refractivity contribution in [1.29, 1.82) is 0 Å². The number of rotatable bonds is 2. The quantitative estimate of drug-likeness (QED) is 0.284. The van der Waals surface area contributed by atoms with Crippen LogP contribution in [0.2, 0.25) is 5.02 Å². The van der Waals surface area contributed by atoms with Gasteiger partial charge in [0.05, 0.1) is 28.2 Å². The van der Waals surface area contributed by atoms with E-state index >= 15 is 0 Å². The van der Waals surface area contributed by atoms with Crippen molar-refractivity contribution in [2.75, 3.05) is 0 Å². The van der Waals surface area contributed by atoms with Crippen molar-refractivity contribution < 1.29 is 9.18 Å². The Labute approximate surface area is 210 Å². The van der Waals surface area contributed by atoms with Gasteiger partial charge in [0, 0.05) is 27.5 Å². The molecular weight excluding hydrogens is 483 g/mol. The van der Waals surface area contributed by atoms with Crippen LogP contribution in [0.5, 0.6) is 0 Å². The van der Waals surface area contributed by atoms with Crippen molar-refractivity contribution in [2.24, 2.45) is 11.8 Å². The number of hydrogen-bond acceptors (Lipinski definition) is 4. The first-order valence-electron chi connectivity index (χ1n) is 11.4. The van der Waals surface area contributed by atoms with Crippen molar-refractivity contribution in [3.05, 3.63) is 87.8 Å². The standard InChI is InChI=1S/C27H20ClFN4OS/c1-14-18-10-9-17-23(16-6-4-5-7-19(16)29)32-33(25(17)27(18,2)13-21(30-3)24(14)34)26-31-20-11-8-15(28)12-22(20)35-26/h4-8,11-14,18H,9-10H2,1-2H3/t14-,18-,27-/m1/s1. The number of Topliss-reactive ketones (excluding diaryl/α,β-unsaturated/α-hetero) is 1. The molecule has 5 nitrogen and oxygen atoms in total. The van der Waals surface area contributed by atoms with Gasteiger partial charge in [-0.2, -0.15) is 5.10 Å². The number of carbonyl (C=O) groups is 1. The number of fused-ring (bicyclic) bond motifs is 4. The van der Waals surface area contributed by atoms with Crippen LogP contribution in [-0.4, -0.2) is 20.5 Å². The first-order valence-corrected chi connectivity index (χ1v) is 12.6. The minimum absolute atomic E-state index is 0.000688. The summed E-state index contributed by atoms with van der Waals surface area (Å²) in [4.78, 5) is 21.2. The van der Waals surface area contributed by atoms with E-state index in [0.717, 1.165) is 27.9 Å². The van der Waals surface area contributed by atoms with Crippen LogP contribution in [0.3, 0.4) is 0 Å². The van der Waals surface area contributed by atoms with Gasteiger partial charge in [0.25, 0.3) is 0 Å². The van der Waals surface area contributed by atoms with E-state index in [1.54, 1.807) is 30.3 Å². The highest BCUT2D eigenvalue weighted by molar-refractivity contribution is 7.20. The molecule has 0 saturated carbocycles. The molecule has 0 amide bonds. The Bertz CT molecular complexity index is 1610. The average Bonchev–Trinajstić information content (AvgIpc) is 3.43. The van der Waals surface area contributed by atoms with Gasteiger partial charge in [0.2, 0.25) is 10.8 Å². The van der Waals surface area contributed by atoms with Crippen LogP contribution < -0.4 is 0 Å². The number of benzene rings is 2. The van der Waals surface area contributed by atoms with Crippen molar-refractivity contribution in [3.63, 3.8) is 0 Å². The molecule has 0 bridgehead atoms. The number of aromatic nitrogens is 3. The summed E-state index contributed by atoms with van der Waals surface area (Å²) in [5.74, 6) is -0.744. The lowest BCUT2D eigenvalue weighted by Gasteiger charge is -2.45. The molecular formula is C27H20ClFN4OS. The minimum Gasteiger partial charge on any atom is -0.308 e. The van der Waals surface area contributed by atoms with Crippen molar-refractivity contribution in [1.82, 2.24) is 14.8 Å². The van der Waals surface area contributed by atoms with Crippen LogP contribution in [0.25, 0.3) is 31.5 Å². The zero-order valence-corrected chi connectivity index (χ0v) is 20.6. The van der Waals surface area contributed by atoms with Gasteiger partial charge in [-0.25, -0.2) is 18.9 Å². The summed E-state index contributed by atoms with van der Waals surface area (Å²) in [6, 6.07) is 12.2. The maximum absolute atomic E-state index is 15.0. The molecule has 0 unspecified atom stereocenters. The summed E-state index contributed by atoms with van der Waals surface area (Å²) < 4.78 is 17.7. The van der Waals surface area contributed by atoms with E-state index in [-0.39, 0.29) is 29.1 Å². The number of nitrogens with zero attached hydrogens (tertiary/aromatic N) is 4. The molecule has 3 atom stereocenters. The predicted molar refractivity (Wildman–Crippen MR) is 135 cm³/mol. The fourth-order valence-electron chi connectivity index (χ4n) is 5.80. The van der Waals surface area contributed by atoms with Crippen molar-refractivity contribution in [2.45, 2.75) is 32.1 Å². The Morgan fingerprint density at radius 3 is 2.86 bits per heavy atom. The molecule has 6 rings (SSSR count). The number of halogens is 2. The summed E-state index contributed by atoms with van der Waals surface area (Å²) >= 11 is 7.67. The summed E-state index contributed by atoms with van der Waals surface area (Å²) in [5.41, 5.74) is 3.15. The topological polar surface area (TPSA) is 52.1 Å². The maximum atomic E-state index is 15.0. The maximum Gasteiger partial charge on any atom is 0.226 e. The second-order valence-electron chi connectivity index (χ2n) is 9.40. The lowest BCUT2D eigenvalue weighted by Crippen LogP contribution is -2.46. The third-order valence-electron chi connectivity index (χ3n) is 7.45. The van der Waals surface area contributed by atoms with Crippen LogP contribution in [0.1, 0.15) is 31.5 Å². The van der Waals surface area contributed by atoms with Gasteiger partial charge < -0.3 is 4.79 Å². The first kappa shape index (κ1) is 22.1. The Morgan fingerprint density at radius 1 is 1.29 bits per heavy atom. The first-order chi connectivity index (χ1) is 16.8. The van der Waals surface area contributed by atoms with E-state index < -0.39 is 5.41 Å².